The Labute approximate surface area is 206 Å². The van der Waals surface area contributed by atoms with Crippen LogP contribution in [0.2, 0.25) is 0 Å². The quantitative estimate of drug-likeness (QED) is 0.0593. The first kappa shape index (κ1) is 32.6. The summed E-state index contributed by atoms with van der Waals surface area (Å²) in [5, 5.41) is 31.9. The van der Waals surface area contributed by atoms with Crippen molar-refractivity contribution in [1.82, 2.24) is 0 Å². The molecular weight excluding hydrogens is 462 g/mol. The zero-order valence-corrected chi connectivity index (χ0v) is 21.3. The molecule has 202 valence electrons. The average molecular weight is 504 g/mol. The van der Waals surface area contributed by atoms with Gasteiger partial charge in [-0.3, -0.25) is 14.4 Å². The molecule has 12 nitrogen and oxygen atoms in total. The Morgan fingerprint density at radius 2 is 1.26 bits per heavy atom. The Bertz CT molecular complexity index is 723. The van der Waals surface area contributed by atoms with E-state index in [9.17, 15) is 29.7 Å². The van der Waals surface area contributed by atoms with E-state index < -0.39 is 67.2 Å². The molecule has 0 aromatic heterocycles. The Hall–Kier alpha value is -2.40. The predicted octanol–water partition coefficient (Wildman–Crippen LogP) is 2.28. The fraction of sp³-hybridized carbons (Fsp3) is 0.870. The number of ether oxygens (including phenoxy) is 3. The van der Waals surface area contributed by atoms with Gasteiger partial charge >= 0.3 is 17.9 Å². The van der Waals surface area contributed by atoms with Crippen molar-refractivity contribution in [3.8, 4) is 0 Å². The summed E-state index contributed by atoms with van der Waals surface area (Å²) in [6.45, 7) is 3.91. The van der Waals surface area contributed by atoms with E-state index in [1.165, 1.54) is 13.8 Å². The van der Waals surface area contributed by atoms with Gasteiger partial charge < -0.3 is 29.5 Å². The zero-order chi connectivity index (χ0) is 27.0. The maximum Gasteiger partial charge on any atom is 0.318 e. The van der Waals surface area contributed by atoms with Crippen molar-refractivity contribution in [2.45, 2.75) is 66.2 Å². The lowest BCUT2D eigenvalue weighted by Crippen LogP contribution is -2.45. The van der Waals surface area contributed by atoms with E-state index in [1.54, 1.807) is 6.92 Å². The summed E-state index contributed by atoms with van der Waals surface area (Å²) in [4.78, 5) is 40.6. The minimum atomic E-state index is -1.56. The molecule has 0 radical (unpaired) electrons. The Balaban J connectivity index is 5.23. The van der Waals surface area contributed by atoms with Crippen LogP contribution in [0.4, 0.5) is 0 Å². The van der Waals surface area contributed by atoms with Crippen molar-refractivity contribution >= 4 is 17.9 Å². The summed E-state index contributed by atoms with van der Waals surface area (Å²) in [5.41, 5.74) is 4.00. The summed E-state index contributed by atoms with van der Waals surface area (Å²) >= 11 is 0. The molecular formula is C23H41N3O9. The Morgan fingerprint density at radius 1 is 0.771 bits per heavy atom. The lowest BCUT2D eigenvalue weighted by Gasteiger charge is -2.31. The van der Waals surface area contributed by atoms with Gasteiger partial charge in [0.15, 0.2) is 0 Å². The first-order valence-corrected chi connectivity index (χ1v) is 11.8. The van der Waals surface area contributed by atoms with Gasteiger partial charge in [-0.15, -0.1) is 0 Å². The largest absolute Gasteiger partial charge is 0.465 e. The van der Waals surface area contributed by atoms with E-state index in [2.05, 4.69) is 10.0 Å². The number of unbranched alkanes of at least 4 members (excludes halogenated alkanes) is 3. The van der Waals surface area contributed by atoms with Gasteiger partial charge in [-0.25, -0.2) is 0 Å². The lowest BCUT2D eigenvalue weighted by atomic mass is 9.86. The highest BCUT2D eigenvalue weighted by Gasteiger charge is 2.43. The highest BCUT2D eigenvalue weighted by molar-refractivity contribution is 5.80. The van der Waals surface area contributed by atoms with E-state index in [-0.39, 0.29) is 6.61 Å². The zero-order valence-electron chi connectivity index (χ0n) is 21.3. The van der Waals surface area contributed by atoms with Crippen LogP contribution in [0.25, 0.3) is 10.4 Å². The van der Waals surface area contributed by atoms with Gasteiger partial charge in [0.2, 0.25) is 0 Å². The first-order chi connectivity index (χ1) is 16.5. The number of aliphatic hydroxyl groups is 3. The Morgan fingerprint density at radius 3 is 1.74 bits per heavy atom. The summed E-state index contributed by atoms with van der Waals surface area (Å²) in [7, 11) is 0. The predicted molar refractivity (Wildman–Crippen MR) is 126 cm³/mol. The second-order valence-corrected chi connectivity index (χ2v) is 9.56. The smallest absolute Gasteiger partial charge is 0.318 e. The number of carbonyl (C=O) groups is 3. The number of azide groups is 1. The highest BCUT2D eigenvalue weighted by Crippen LogP contribution is 2.28. The molecule has 0 heterocycles. The topological polar surface area (TPSA) is 188 Å². The van der Waals surface area contributed by atoms with Gasteiger partial charge in [0, 0.05) is 11.5 Å². The molecule has 2 atom stereocenters. The third-order valence-corrected chi connectivity index (χ3v) is 5.82. The minimum Gasteiger partial charge on any atom is -0.465 e. The summed E-state index contributed by atoms with van der Waals surface area (Å²) < 4.78 is 15.9. The Kier molecular flexibility index (Phi) is 15.2. The third kappa shape index (κ3) is 10.8. The van der Waals surface area contributed by atoms with Gasteiger partial charge in [0.25, 0.3) is 0 Å². The molecule has 12 heteroatoms. The first-order valence-electron chi connectivity index (χ1n) is 11.8. The molecule has 0 bridgehead atoms. The molecule has 0 amide bonds. The van der Waals surface area contributed by atoms with Crippen molar-refractivity contribution in [3.63, 3.8) is 0 Å². The van der Waals surface area contributed by atoms with Crippen LogP contribution < -0.4 is 0 Å². The molecule has 0 aliphatic carbocycles. The van der Waals surface area contributed by atoms with Crippen molar-refractivity contribution < 1.29 is 43.9 Å². The van der Waals surface area contributed by atoms with Gasteiger partial charge in [0.1, 0.15) is 24.0 Å². The second-order valence-electron chi connectivity index (χ2n) is 9.56. The fourth-order valence-corrected chi connectivity index (χ4v) is 2.96. The lowest BCUT2D eigenvalue weighted by molar-refractivity contribution is -0.178. The van der Waals surface area contributed by atoms with Crippen molar-refractivity contribution in [2.24, 2.45) is 21.4 Å². The van der Waals surface area contributed by atoms with Crippen LogP contribution in [0, 0.1) is 16.2 Å². The average Bonchev–Trinajstić information content (AvgIpc) is 2.86. The highest BCUT2D eigenvalue weighted by atomic mass is 16.6. The van der Waals surface area contributed by atoms with Crippen molar-refractivity contribution in [2.75, 3.05) is 46.2 Å². The molecule has 0 fully saturated rings. The number of hydrogen-bond acceptors (Lipinski definition) is 10. The number of hydrogen-bond donors (Lipinski definition) is 3. The second kappa shape index (κ2) is 16.3. The molecule has 0 aliphatic rings. The van der Waals surface area contributed by atoms with Gasteiger partial charge in [-0.2, -0.15) is 0 Å². The molecule has 0 aromatic carbocycles. The van der Waals surface area contributed by atoms with Crippen LogP contribution in [0.3, 0.4) is 0 Å². The molecule has 0 aromatic rings. The molecule has 0 spiro atoms. The van der Waals surface area contributed by atoms with Gasteiger partial charge in [-0.05, 0) is 45.6 Å². The molecule has 35 heavy (non-hydrogen) atoms. The van der Waals surface area contributed by atoms with Crippen LogP contribution >= 0.6 is 0 Å². The van der Waals surface area contributed by atoms with Crippen molar-refractivity contribution in [3.05, 3.63) is 10.4 Å². The molecule has 0 aliphatic heterocycles. The number of rotatable bonds is 19. The minimum absolute atomic E-state index is 0.0903. The molecule has 2 unspecified atom stereocenters. The standard InChI is InChI=1S/C23H41N3O9/c1-5-10-21(2,13-27)18(30)34-16-23(4,17-35-19(31)22(3,14-28)15-29)20(32)33-12-9-7-6-8-11-25-26-24/h27-29H,5-17H2,1-4H3. The fourth-order valence-electron chi connectivity index (χ4n) is 2.96. The third-order valence-electron chi connectivity index (χ3n) is 5.82. The van der Waals surface area contributed by atoms with Gasteiger partial charge in [0.05, 0.1) is 31.8 Å². The summed E-state index contributed by atoms with van der Waals surface area (Å²) in [5.74, 6) is -2.36. The summed E-state index contributed by atoms with van der Waals surface area (Å²) in [6, 6.07) is 0. The van der Waals surface area contributed by atoms with E-state index in [0.717, 1.165) is 19.3 Å². The number of esters is 3. The number of carbonyl (C=O) groups excluding carboxylic acids is 3. The molecule has 3 N–H and O–H groups in total. The van der Waals surface area contributed by atoms with E-state index in [1.807, 2.05) is 6.92 Å². The maximum absolute atomic E-state index is 12.9. The molecule has 0 rings (SSSR count). The molecule has 0 saturated heterocycles. The van der Waals surface area contributed by atoms with E-state index in [4.69, 9.17) is 19.7 Å². The van der Waals surface area contributed by atoms with Crippen LogP contribution in [0.1, 0.15) is 66.2 Å². The van der Waals surface area contributed by atoms with Crippen LogP contribution in [0.15, 0.2) is 5.11 Å². The van der Waals surface area contributed by atoms with Crippen molar-refractivity contribution in [1.29, 1.82) is 0 Å². The van der Waals surface area contributed by atoms with Crippen LogP contribution in [-0.2, 0) is 28.6 Å². The van der Waals surface area contributed by atoms with Crippen LogP contribution in [0.5, 0.6) is 0 Å². The normalized spacial score (nSPS) is 14.7. The van der Waals surface area contributed by atoms with E-state index in [0.29, 0.717) is 25.8 Å². The van der Waals surface area contributed by atoms with Crippen LogP contribution in [-0.4, -0.2) is 79.4 Å². The monoisotopic (exact) mass is 503 g/mol. The summed E-state index contributed by atoms with van der Waals surface area (Å²) in [6.07, 6.45) is 3.82. The molecule has 0 saturated carbocycles. The van der Waals surface area contributed by atoms with E-state index >= 15 is 0 Å². The number of nitrogens with zero attached hydrogens (tertiary/aromatic N) is 3. The van der Waals surface area contributed by atoms with Gasteiger partial charge in [-0.1, -0.05) is 31.3 Å². The maximum atomic E-state index is 12.9. The SMILES string of the molecule is CCCC(C)(CO)C(=O)OCC(C)(COC(=O)C(C)(CO)CO)C(=O)OCCCCCCN=[N+]=[N-]. The number of aliphatic hydroxyl groups excluding tert-OH is 3.